The summed E-state index contributed by atoms with van der Waals surface area (Å²) >= 11 is 0. The van der Waals surface area contributed by atoms with Gasteiger partial charge in [-0.15, -0.1) is 0 Å². The van der Waals surface area contributed by atoms with E-state index in [2.05, 4.69) is 52.3 Å². The summed E-state index contributed by atoms with van der Waals surface area (Å²) in [5.41, 5.74) is 2.28. The summed E-state index contributed by atoms with van der Waals surface area (Å²) in [6.07, 6.45) is 2.32. The topological polar surface area (TPSA) is 48.5 Å². The summed E-state index contributed by atoms with van der Waals surface area (Å²) in [6.45, 7) is 6.64. The highest BCUT2D eigenvalue weighted by Gasteiger charge is 2.18. The smallest absolute Gasteiger partial charge is 0.220 e. The van der Waals surface area contributed by atoms with Gasteiger partial charge in [-0.2, -0.15) is 0 Å². The molecule has 5 nitrogen and oxygen atoms in total. The second-order valence-electron chi connectivity index (χ2n) is 7.07. The number of amides is 1. The van der Waals surface area contributed by atoms with Crippen molar-refractivity contribution in [2.24, 2.45) is 0 Å². The van der Waals surface area contributed by atoms with Crippen molar-refractivity contribution in [1.82, 2.24) is 15.2 Å². The lowest BCUT2D eigenvalue weighted by atomic mass is 9.97. The van der Waals surface area contributed by atoms with Gasteiger partial charge < -0.3 is 15.1 Å². The van der Waals surface area contributed by atoms with Crippen molar-refractivity contribution in [2.75, 3.05) is 38.1 Å². The molecule has 1 saturated heterocycles. The maximum atomic E-state index is 12.4. The van der Waals surface area contributed by atoms with E-state index in [-0.39, 0.29) is 11.8 Å². The number of hydrogen-bond acceptors (Lipinski definition) is 4. The third-order valence-corrected chi connectivity index (χ3v) is 5.01. The number of likely N-dealkylation sites (N-methyl/N-ethyl adjacent to an activating group) is 1. The van der Waals surface area contributed by atoms with Crippen molar-refractivity contribution in [1.29, 1.82) is 0 Å². The van der Waals surface area contributed by atoms with Gasteiger partial charge in [0.05, 0.1) is 0 Å². The second-order valence-corrected chi connectivity index (χ2v) is 7.07. The zero-order valence-electron chi connectivity index (χ0n) is 15.7. The number of benzene rings is 1. The van der Waals surface area contributed by atoms with Crippen LogP contribution in [0.1, 0.15) is 30.4 Å². The third kappa shape index (κ3) is 4.82. The van der Waals surface area contributed by atoms with Crippen LogP contribution in [-0.4, -0.2) is 49.0 Å². The Morgan fingerprint density at radius 2 is 1.85 bits per heavy atom. The van der Waals surface area contributed by atoms with Gasteiger partial charge in [-0.3, -0.25) is 4.79 Å². The van der Waals surface area contributed by atoms with Gasteiger partial charge in [-0.1, -0.05) is 43.3 Å². The normalized spacial score (nSPS) is 16.3. The van der Waals surface area contributed by atoms with Crippen LogP contribution in [0.3, 0.4) is 0 Å². The van der Waals surface area contributed by atoms with Gasteiger partial charge in [0.1, 0.15) is 5.82 Å². The Labute approximate surface area is 156 Å². The molecule has 26 heavy (non-hydrogen) atoms. The van der Waals surface area contributed by atoms with Gasteiger partial charge in [0.2, 0.25) is 5.91 Å². The zero-order valence-corrected chi connectivity index (χ0v) is 15.7. The summed E-state index contributed by atoms with van der Waals surface area (Å²) < 4.78 is 0. The van der Waals surface area contributed by atoms with E-state index in [0.29, 0.717) is 13.0 Å². The first-order valence-corrected chi connectivity index (χ1v) is 9.32. The summed E-state index contributed by atoms with van der Waals surface area (Å²) in [5, 5.41) is 3.07. The lowest BCUT2D eigenvalue weighted by Crippen LogP contribution is -2.45. The molecule has 1 aliphatic heterocycles. The van der Waals surface area contributed by atoms with E-state index in [4.69, 9.17) is 0 Å². The fraction of sp³-hybridized carbons (Fsp3) is 0.429. The van der Waals surface area contributed by atoms with Crippen LogP contribution in [0.4, 0.5) is 5.82 Å². The Morgan fingerprint density at radius 1 is 1.12 bits per heavy atom. The Bertz CT molecular complexity index is 711. The van der Waals surface area contributed by atoms with Crippen molar-refractivity contribution >= 4 is 11.7 Å². The van der Waals surface area contributed by atoms with Crippen LogP contribution in [0.2, 0.25) is 0 Å². The zero-order chi connectivity index (χ0) is 18.4. The molecule has 0 aliphatic carbocycles. The average Bonchev–Trinajstić information content (AvgIpc) is 2.68. The summed E-state index contributed by atoms with van der Waals surface area (Å²) in [6, 6.07) is 14.2. The quantitative estimate of drug-likeness (QED) is 0.868. The van der Waals surface area contributed by atoms with Gasteiger partial charge in [-0.25, -0.2) is 4.98 Å². The molecule has 0 radical (unpaired) electrons. The molecule has 5 heteroatoms. The minimum atomic E-state index is 0.0783. The first-order valence-electron chi connectivity index (χ1n) is 9.32. The number of carbonyl (C=O) groups is 1. The molecule has 0 unspecified atom stereocenters. The molecular weight excluding hydrogens is 324 g/mol. The Kier molecular flexibility index (Phi) is 6.23. The van der Waals surface area contributed by atoms with Crippen molar-refractivity contribution in [3.05, 3.63) is 59.8 Å². The highest BCUT2D eigenvalue weighted by atomic mass is 16.1. The summed E-state index contributed by atoms with van der Waals surface area (Å²) in [4.78, 5) is 21.6. The lowest BCUT2D eigenvalue weighted by molar-refractivity contribution is -0.121. The van der Waals surface area contributed by atoms with Crippen molar-refractivity contribution in [3.8, 4) is 0 Å². The minimum absolute atomic E-state index is 0.0783. The molecule has 1 aromatic heterocycles. The van der Waals surface area contributed by atoms with E-state index in [9.17, 15) is 4.79 Å². The Balaban J connectivity index is 1.57. The van der Waals surface area contributed by atoms with E-state index in [1.54, 1.807) is 0 Å². The summed E-state index contributed by atoms with van der Waals surface area (Å²) in [5.74, 6) is 1.29. The Hall–Kier alpha value is -2.40. The van der Waals surface area contributed by atoms with E-state index in [1.807, 2.05) is 30.5 Å². The molecule has 2 aromatic rings. The maximum Gasteiger partial charge on any atom is 0.220 e. The van der Waals surface area contributed by atoms with Crippen LogP contribution in [-0.2, 0) is 11.3 Å². The van der Waals surface area contributed by atoms with Crippen LogP contribution >= 0.6 is 0 Å². The molecule has 1 fully saturated rings. The number of pyridine rings is 1. The van der Waals surface area contributed by atoms with Crippen LogP contribution < -0.4 is 10.2 Å². The van der Waals surface area contributed by atoms with Crippen LogP contribution in [0, 0.1) is 0 Å². The fourth-order valence-electron chi connectivity index (χ4n) is 3.31. The number of carbonyl (C=O) groups excluding carboxylic acids is 1. The molecule has 0 spiro atoms. The van der Waals surface area contributed by atoms with Gasteiger partial charge in [-0.05, 0) is 24.6 Å². The third-order valence-electron chi connectivity index (χ3n) is 5.01. The molecule has 1 aliphatic rings. The molecule has 1 N–H and O–H groups in total. The standard InChI is InChI=1S/C21H28N4O/c1-17(18-7-4-3-5-8-18)15-20(26)23-16-19-9-6-10-22-21(19)25-13-11-24(2)12-14-25/h3-10,17H,11-16H2,1-2H3,(H,23,26)/t17-/m1/s1. The maximum absolute atomic E-state index is 12.4. The van der Waals surface area contributed by atoms with Crippen LogP contribution in [0.25, 0.3) is 0 Å². The van der Waals surface area contributed by atoms with Crippen LogP contribution in [0.15, 0.2) is 48.7 Å². The highest BCUT2D eigenvalue weighted by molar-refractivity contribution is 5.77. The number of piperazine rings is 1. The molecule has 138 valence electrons. The largest absolute Gasteiger partial charge is 0.354 e. The minimum Gasteiger partial charge on any atom is -0.354 e. The number of rotatable bonds is 6. The van der Waals surface area contributed by atoms with Crippen LogP contribution in [0.5, 0.6) is 0 Å². The molecule has 3 rings (SSSR count). The average molecular weight is 352 g/mol. The first-order chi connectivity index (χ1) is 12.6. The number of hydrogen-bond donors (Lipinski definition) is 1. The monoisotopic (exact) mass is 352 g/mol. The SMILES string of the molecule is C[C@H](CC(=O)NCc1cccnc1N1CCN(C)CC1)c1ccccc1. The molecular formula is C21H28N4O. The second kappa shape index (κ2) is 8.81. The number of nitrogens with zero attached hydrogens (tertiary/aromatic N) is 3. The van der Waals surface area contributed by atoms with E-state index in [1.165, 1.54) is 5.56 Å². The molecule has 1 aromatic carbocycles. The molecule has 1 atom stereocenters. The molecule has 0 bridgehead atoms. The lowest BCUT2D eigenvalue weighted by Gasteiger charge is -2.34. The highest BCUT2D eigenvalue weighted by Crippen LogP contribution is 2.20. The van der Waals surface area contributed by atoms with Gasteiger partial charge in [0.25, 0.3) is 0 Å². The van der Waals surface area contributed by atoms with Gasteiger partial charge in [0.15, 0.2) is 0 Å². The Morgan fingerprint density at radius 3 is 2.58 bits per heavy atom. The van der Waals surface area contributed by atoms with E-state index in [0.717, 1.165) is 37.6 Å². The van der Waals surface area contributed by atoms with Gasteiger partial charge >= 0.3 is 0 Å². The van der Waals surface area contributed by atoms with Gasteiger partial charge in [0, 0.05) is 50.9 Å². The van der Waals surface area contributed by atoms with Crippen molar-refractivity contribution < 1.29 is 4.79 Å². The summed E-state index contributed by atoms with van der Waals surface area (Å²) in [7, 11) is 2.14. The number of nitrogens with one attached hydrogen (secondary N) is 1. The predicted molar refractivity (Wildman–Crippen MR) is 105 cm³/mol. The predicted octanol–water partition coefficient (Wildman–Crippen LogP) is 2.64. The van der Waals surface area contributed by atoms with Crippen molar-refractivity contribution in [2.45, 2.75) is 25.8 Å². The fourth-order valence-corrected chi connectivity index (χ4v) is 3.31. The molecule has 0 saturated carbocycles. The number of aromatic nitrogens is 1. The molecule has 1 amide bonds. The molecule has 2 heterocycles. The van der Waals surface area contributed by atoms with E-state index < -0.39 is 0 Å². The first kappa shape index (κ1) is 18.4. The number of anilines is 1. The van der Waals surface area contributed by atoms with E-state index >= 15 is 0 Å². The van der Waals surface area contributed by atoms with Crippen molar-refractivity contribution in [3.63, 3.8) is 0 Å².